The molecule has 4 heteroatoms. The fourth-order valence-corrected chi connectivity index (χ4v) is 0.563. The molecule has 0 aromatic carbocycles. The number of aliphatic hydroxyl groups is 2. The molecule has 0 radical (unpaired) electrons. The van der Waals surface area contributed by atoms with E-state index in [2.05, 4.69) is 0 Å². The average Bonchev–Trinajstić information content (AvgIpc) is 1.98. The molecule has 0 aliphatic carbocycles. The summed E-state index contributed by atoms with van der Waals surface area (Å²) >= 11 is 0. The molecule has 3 nitrogen and oxygen atoms in total. The van der Waals surface area contributed by atoms with Gasteiger partial charge in [0.25, 0.3) is 0 Å². The van der Waals surface area contributed by atoms with E-state index in [1.165, 1.54) is 6.08 Å². The van der Waals surface area contributed by atoms with Crippen LogP contribution in [0.1, 0.15) is 55.4 Å². The molecule has 0 fully saturated rings. The molecule has 0 unspecified atom stereocenters. The van der Waals surface area contributed by atoms with Crippen molar-refractivity contribution >= 4 is 5.78 Å². The molecular formula is C14H29HfO3+. The van der Waals surface area contributed by atoms with E-state index in [-0.39, 0.29) is 54.3 Å². The first-order valence-corrected chi connectivity index (χ1v) is 5.94. The van der Waals surface area contributed by atoms with E-state index >= 15 is 0 Å². The van der Waals surface area contributed by atoms with E-state index in [4.69, 9.17) is 5.11 Å². The van der Waals surface area contributed by atoms with Crippen molar-refractivity contribution in [1.82, 2.24) is 0 Å². The number of carbonyl (C=O) groups excluding carboxylic acids is 1. The van der Waals surface area contributed by atoms with Gasteiger partial charge < -0.3 is 10.2 Å². The minimum absolute atomic E-state index is 0. The molecule has 0 saturated heterocycles. The molecule has 0 heterocycles. The van der Waals surface area contributed by atoms with Gasteiger partial charge in [-0.05, 0) is 34.6 Å². The summed E-state index contributed by atoms with van der Waals surface area (Å²) in [6.45, 7) is 14.8. The number of aliphatic hydroxyl groups excluding tert-OH is 2. The summed E-state index contributed by atoms with van der Waals surface area (Å²) in [4.78, 5) is 9.60. The van der Waals surface area contributed by atoms with Crippen molar-refractivity contribution in [1.29, 1.82) is 0 Å². The predicted octanol–water partition coefficient (Wildman–Crippen LogP) is 3.45. The SMILES string of the molecule is CC(C)(C)C(=[OH+])/C=C(\O)C(C)(C)C.CC(C)O.[Hf]. The topological polar surface area (TPSA) is 61.9 Å². The van der Waals surface area contributed by atoms with Crippen molar-refractivity contribution in [2.45, 2.75) is 61.5 Å². The second-order valence-corrected chi connectivity index (χ2v) is 6.51. The summed E-state index contributed by atoms with van der Waals surface area (Å²) in [5.74, 6) is 0.417. The second kappa shape index (κ2) is 9.03. The van der Waals surface area contributed by atoms with Crippen LogP contribution < -0.4 is 0 Å². The van der Waals surface area contributed by atoms with Gasteiger partial charge in [-0.1, -0.05) is 20.8 Å². The molecule has 0 spiro atoms. The summed E-state index contributed by atoms with van der Waals surface area (Å²) in [5.41, 5.74) is -0.613. The molecule has 0 aromatic heterocycles. The maximum Gasteiger partial charge on any atom is 0.325 e. The van der Waals surface area contributed by atoms with Crippen LogP contribution in [0.25, 0.3) is 0 Å². The Morgan fingerprint density at radius 1 is 1.00 bits per heavy atom. The van der Waals surface area contributed by atoms with Crippen LogP contribution >= 0.6 is 0 Å². The molecule has 0 aliphatic rings. The molecule has 18 heavy (non-hydrogen) atoms. The zero-order valence-electron chi connectivity index (χ0n) is 13.0. The molecule has 106 valence electrons. The summed E-state index contributed by atoms with van der Waals surface area (Å²) in [6.07, 6.45) is 1.28. The van der Waals surface area contributed by atoms with Gasteiger partial charge in [0.1, 0.15) is 5.76 Å². The fraction of sp³-hybridized carbons (Fsp3) is 0.786. The first-order valence-electron chi connectivity index (χ1n) is 5.94. The normalized spacial score (nSPS) is 12.4. The Kier molecular flexibility index (Phi) is 11.6. The summed E-state index contributed by atoms with van der Waals surface area (Å²) in [7, 11) is 0. The molecule has 0 atom stereocenters. The van der Waals surface area contributed by atoms with Crippen LogP contribution in [-0.2, 0) is 25.8 Å². The van der Waals surface area contributed by atoms with Gasteiger partial charge in [0.05, 0.1) is 11.5 Å². The van der Waals surface area contributed by atoms with Gasteiger partial charge in [-0.3, -0.25) is 4.79 Å². The predicted molar refractivity (Wildman–Crippen MR) is 73.9 cm³/mol. The van der Waals surface area contributed by atoms with Gasteiger partial charge in [0.15, 0.2) is 0 Å². The molecule has 0 aliphatic heterocycles. The van der Waals surface area contributed by atoms with E-state index < -0.39 is 0 Å². The fourth-order valence-electron chi connectivity index (χ4n) is 0.563. The van der Waals surface area contributed by atoms with Crippen LogP contribution in [0.5, 0.6) is 0 Å². The number of rotatable bonds is 1. The Bertz CT molecular complexity index is 265. The van der Waals surface area contributed by atoms with E-state index in [0.717, 1.165) is 0 Å². The maximum atomic E-state index is 9.60. The molecule has 0 bridgehead atoms. The van der Waals surface area contributed by atoms with E-state index in [9.17, 15) is 9.90 Å². The van der Waals surface area contributed by atoms with Crippen LogP contribution in [-0.4, -0.2) is 26.9 Å². The van der Waals surface area contributed by atoms with Crippen LogP contribution in [0, 0.1) is 10.8 Å². The Hall–Kier alpha value is 0.0401. The smallest absolute Gasteiger partial charge is 0.325 e. The quantitative estimate of drug-likeness (QED) is 0.294. The van der Waals surface area contributed by atoms with Gasteiger partial charge in [-0.15, -0.1) is 0 Å². The Labute approximate surface area is 130 Å². The number of hydrogen-bond acceptors (Lipinski definition) is 2. The van der Waals surface area contributed by atoms with Gasteiger partial charge in [0.2, 0.25) is 0 Å². The molecule has 0 rings (SSSR count). The minimum atomic E-state index is -0.306. The maximum absolute atomic E-state index is 9.60. The van der Waals surface area contributed by atoms with Crippen molar-refractivity contribution in [2.75, 3.05) is 0 Å². The van der Waals surface area contributed by atoms with Crippen molar-refractivity contribution in [2.24, 2.45) is 10.8 Å². The van der Waals surface area contributed by atoms with E-state index in [1.54, 1.807) is 13.8 Å². The van der Waals surface area contributed by atoms with Gasteiger partial charge in [-0.2, -0.15) is 0 Å². The van der Waals surface area contributed by atoms with E-state index in [0.29, 0.717) is 0 Å². The van der Waals surface area contributed by atoms with Crippen LogP contribution in [0.3, 0.4) is 0 Å². The average molecular weight is 424 g/mol. The molecule has 0 amide bonds. The molecule has 0 saturated carbocycles. The largest absolute Gasteiger partial charge is 0.511 e. The second-order valence-electron chi connectivity index (χ2n) is 6.51. The number of allylic oxidation sites excluding steroid dienone is 2. The molecular weight excluding hydrogens is 395 g/mol. The first-order chi connectivity index (χ1) is 7.28. The Morgan fingerprint density at radius 3 is 1.44 bits per heavy atom. The molecule has 3 N–H and O–H groups in total. The van der Waals surface area contributed by atoms with Crippen molar-refractivity contribution in [3.63, 3.8) is 0 Å². The zero-order chi connectivity index (χ0) is 14.4. The number of hydrogen-bond donors (Lipinski definition) is 2. The minimum Gasteiger partial charge on any atom is -0.511 e. The van der Waals surface area contributed by atoms with Gasteiger partial charge in [0, 0.05) is 37.4 Å². The van der Waals surface area contributed by atoms with Gasteiger partial charge in [-0.25, -0.2) is 0 Å². The number of ketones is 1. The molecule has 0 aromatic rings. The third-order valence-corrected chi connectivity index (χ3v) is 1.81. The van der Waals surface area contributed by atoms with Crippen LogP contribution in [0.2, 0.25) is 0 Å². The third kappa shape index (κ3) is 14.1. The monoisotopic (exact) mass is 425 g/mol. The van der Waals surface area contributed by atoms with Crippen LogP contribution in [0.15, 0.2) is 11.8 Å². The summed E-state index contributed by atoms with van der Waals surface area (Å²) in [6, 6.07) is 0. The Balaban J connectivity index is -0.000000392. The zero-order valence-corrected chi connectivity index (χ0v) is 16.6. The van der Waals surface area contributed by atoms with Crippen LogP contribution in [0.4, 0.5) is 0 Å². The first kappa shape index (κ1) is 23.2. The summed E-state index contributed by atoms with van der Waals surface area (Å²) < 4.78 is 0. The third-order valence-electron chi connectivity index (χ3n) is 1.81. The van der Waals surface area contributed by atoms with Crippen molar-refractivity contribution in [3.8, 4) is 0 Å². The van der Waals surface area contributed by atoms with Gasteiger partial charge >= 0.3 is 5.78 Å². The van der Waals surface area contributed by atoms with E-state index in [1.807, 2.05) is 41.5 Å². The Morgan fingerprint density at radius 2 is 1.28 bits per heavy atom. The standard InChI is InChI=1S/C11H20O2.C3H8O.Hf/c1-10(2,3)8(12)7-9(13)11(4,5)6;1-3(2)4;/h7,12H,1-6H3;3-4H,1-2H3;/p+1/b8-7-;;. The van der Waals surface area contributed by atoms with Crippen molar-refractivity contribution in [3.05, 3.63) is 11.8 Å². The van der Waals surface area contributed by atoms with Crippen molar-refractivity contribution < 1.29 is 40.9 Å². The summed E-state index contributed by atoms with van der Waals surface area (Å²) in [5, 5.41) is 17.7.